The fourth-order valence-electron chi connectivity index (χ4n) is 2.95. The molecule has 0 aromatic heterocycles. The lowest BCUT2D eigenvalue weighted by molar-refractivity contribution is 0.391. The van der Waals surface area contributed by atoms with Crippen LogP contribution in [-0.4, -0.2) is 40.5 Å². The summed E-state index contributed by atoms with van der Waals surface area (Å²) in [6.07, 6.45) is 0.575. The van der Waals surface area contributed by atoms with Crippen LogP contribution in [0.3, 0.4) is 0 Å². The maximum absolute atomic E-state index is 12.9. The zero-order valence-electron chi connectivity index (χ0n) is 15.2. The zero-order chi connectivity index (χ0) is 19.7. The van der Waals surface area contributed by atoms with E-state index in [1.54, 1.807) is 31.2 Å². The molecule has 0 saturated heterocycles. The molecule has 1 heterocycles. The number of ether oxygens (including phenoxy) is 1. The fraction of sp³-hybridized carbons (Fsp3) is 0.333. The molecule has 1 aliphatic heterocycles. The minimum atomic E-state index is -3.64. The van der Waals surface area contributed by atoms with E-state index in [0.717, 1.165) is 11.1 Å². The van der Waals surface area contributed by atoms with Crippen molar-refractivity contribution in [2.75, 3.05) is 24.1 Å². The molecule has 2 aromatic carbocycles. The zero-order valence-corrected chi connectivity index (χ0v) is 16.8. The third-order valence-corrected chi connectivity index (χ3v) is 7.70. The first-order valence-corrected chi connectivity index (χ1v) is 11.6. The third kappa shape index (κ3) is 4.26. The van der Waals surface area contributed by atoms with Crippen molar-refractivity contribution in [3.8, 4) is 5.75 Å². The second-order valence-corrected chi connectivity index (χ2v) is 10.2. The normalized spacial score (nSPS) is 15.2. The van der Waals surface area contributed by atoms with Gasteiger partial charge in [-0.05, 0) is 60.9 Å². The Bertz CT molecular complexity index is 1030. The summed E-state index contributed by atoms with van der Waals surface area (Å²) in [4.78, 5) is 0.203. The molecule has 0 radical (unpaired) electrons. The van der Waals surface area contributed by atoms with E-state index >= 15 is 0 Å². The van der Waals surface area contributed by atoms with Crippen LogP contribution in [0.1, 0.15) is 18.1 Å². The van der Waals surface area contributed by atoms with E-state index in [1.807, 2.05) is 6.07 Å². The van der Waals surface area contributed by atoms with Gasteiger partial charge in [0.25, 0.3) is 0 Å². The van der Waals surface area contributed by atoms with Gasteiger partial charge < -0.3 is 4.74 Å². The number of rotatable bonds is 6. The molecule has 9 heteroatoms. The molecule has 0 saturated carbocycles. The van der Waals surface area contributed by atoms with Crippen LogP contribution in [-0.2, 0) is 33.0 Å². The molecule has 0 atom stereocenters. The van der Waals surface area contributed by atoms with Crippen LogP contribution in [0.25, 0.3) is 0 Å². The molecule has 0 aliphatic carbocycles. The standard InChI is InChI=1S/C18H22N2O5S2/c1-3-26(21,22)19-16-5-4-14-10-11-20(13-15(14)12-16)27(23,24)18-8-6-17(25-2)7-9-18/h4-9,12,19H,3,10-11,13H2,1-2H3. The largest absolute Gasteiger partial charge is 0.497 e. The van der Waals surface area contributed by atoms with E-state index in [0.29, 0.717) is 24.4 Å². The Morgan fingerprint density at radius 3 is 2.37 bits per heavy atom. The van der Waals surface area contributed by atoms with Crippen LogP contribution in [0.4, 0.5) is 5.69 Å². The van der Waals surface area contributed by atoms with E-state index in [2.05, 4.69) is 4.72 Å². The van der Waals surface area contributed by atoms with Gasteiger partial charge in [0, 0.05) is 18.8 Å². The Labute approximate surface area is 160 Å². The van der Waals surface area contributed by atoms with Crippen molar-refractivity contribution < 1.29 is 21.6 Å². The van der Waals surface area contributed by atoms with Crippen LogP contribution in [0, 0.1) is 0 Å². The summed E-state index contributed by atoms with van der Waals surface area (Å²) in [6.45, 7) is 2.14. The molecule has 2 aromatic rings. The number of anilines is 1. The van der Waals surface area contributed by atoms with Crippen LogP contribution < -0.4 is 9.46 Å². The quantitative estimate of drug-likeness (QED) is 0.788. The summed E-state index contributed by atoms with van der Waals surface area (Å²) in [6, 6.07) is 11.5. The highest BCUT2D eigenvalue weighted by molar-refractivity contribution is 7.92. The summed E-state index contributed by atoms with van der Waals surface area (Å²) in [5, 5.41) is 0. The molecule has 0 fully saturated rings. The van der Waals surface area contributed by atoms with E-state index in [1.165, 1.54) is 23.5 Å². The highest BCUT2D eigenvalue weighted by Crippen LogP contribution is 2.28. The SMILES string of the molecule is CCS(=O)(=O)Nc1ccc2c(c1)CN(S(=O)(=O)c1ccc(OC)cc1)CC2. The Morgan fingerprint density at radius 1 is 1.04 bits per heavy atom. The number of fused-ring (bicyclic) bond motifs is 1. The van der Waals surface area contributed by atoms with Crippen LogP contribution >= 0.6 is 0 Å². The van der Waals surface area contributed by atoms with Gasteiger partial charge in [0.15, 0.2) is 0 Å². The lowest BCUT2D eigenvalue weighted by Crippen LogP contribution is -2.36. The molecular formula is C18H22N2O5S2. The van der Waals surface area contributed by atoms with Gasteiger partial charge in [-0.15, -0.1) is 0 Å². The Hall–Kier alpha value is -2.10. The summed E-state index contributed by atoms with van der Waals surface area (Å²) in [5.41, 5.74) is 2.27. The topological polar surface area (TPSA) is 92.8 Å². The van der Waals surface area contributed by atoms with Gasteiger partial charge in [-0.25, -0.2) is 16.8 Å². The molecule has 146 valence electrons. The number of nitrogens with zero attached hydrogens (tertiary/aromatic N) is 1. The highest BCUT2D eigenvalue weighted by atomic mass is 32.2. The third-order valence-electron chi connectivity index (χ3n) is 4.53. The van der Waals surface area contributed by atoms with Gasteiger partial charge in [0.05, 0.1) is 17.8 Å². The van der Waals surface area contributed by atoms with Crippen molar-refractivity contribution in [2.45, 2.75) is 24.8 Å². The van der Waals surface area contributed by atoms with Gasteiger partial charge >= 0.3 is 0 Å². The Balaban J connectivity index is 1.85. The van der Waals surface area contributed by atoms with Crippen LogP contribution in [0.2, 0.25) is 0 Å². The van der Waals surface area contributed by atoms with E-state index < -0.39 is 20.0 Å². The van der Waals surface area contributed by atoms with E-state index in [9.17, 15) is 16.8 Å². The van der Waals surface area contributed by atoms with Crippen molar-refractivity contribution >= 4 is 25.7 Å². The summed E-state index contributed by atoms with van der Waals surface area (Å²) in [7, 11) is -5.50. The maximum atomic E-state index is 12.9. The van der Waals surface area contributed by atoms with Crippen molar-refractivity contribution in [2.24, 2.45) is 0 Å². The van der Waals surface area contributed by atoms with Crippen molar-refractivity contribution in [1.29, 1.82) is 0 Å². The second-order valence-electron chi connectivity index (χ2n) is 6.25. The van der Waals surface area contributed by atoms with Crippen LogP contribution in [0.15, 0.2) is 47.4 Å². The average molecular weight is 411 g/mol. The smallest absolute Gasteiger partial charge is 0.243 e. The molecule has 0 spiro atoms. The molecule has 7 nitrogen and oxygen atoms in total. The molecule has 27 heavy (non-hydrogen) atoms. The second kappa shape index (κ2) is 7.49. The minimum absolute atomic E-state index is 0.0257. The minimum Gasteiger partial charge on any atom is -0.497 e. The lowest BCUT2D eigenvalue weighted by Gasteiger charge is -2.28. The van der Waals surface area contributed by atoms with Gasteiger partial charge in [0.1, 0.15) is 5.75 Å². The van der Waals surface area contributed by atoms with Crippen molar-refractivity contribution in [1.82, 2.24) is 4.31 Å². The summed E-state index contributed by atoms with van der Waals surface area (Å²) in [5.74, 6) is 0.563. The molecule has 0 unspecified atom stereocenters. The fourth-order valence-corrected chi connectivity index (χ4v) is 5.00. The molecule has 0 amide bonds. The predicted molar refractivity (Wildman–Crippen MR) is 104 cm³/mol. The summed E-state index contributed by atoms with van der Waals surface area (Å²) >= 11 is 0. The average Bonchev–Trinajstić information content (AvgIpc) is 2.67. The molecule has 1 N–H and O–H groups in total. The number of hydrogen-bond donors (Lipinski definition) is 1. The van der Waals surface area contributed by atoms with Gasteiger partial charge in [-0.3, -0.25) is 4.72 Å². The Kier molecular flexibility index (Phi) is 5.45. The number of nitrogens with one attached hydrogen (secondary N) is 1. The maximum Gasteiger partial charge on any atom is 0.243 e. The van der Waals surface area contributed by atoms with Crippen molar-refractivity contribution in [3.63, 3.8) is 0 Å². The van der Waals surface area contributed by atoms with Gasteiger partial charge in [0.2, 0.25) is 20.0 Å². The summed E-state index contributed by atoms with van der Waals surface area (Å²) < 4.78 is 58.4. The van der Waals surface area contributed by atoms with E-state index in [4.69, 9.17) is 4.74 Å². The molecule has 1 aliphatic rings. The lowest BCUT2D eigenvalue weighted by atomic mass is 10.0. The first-order chi connectivity index (χ1) is 12.7. The van der Waals surface area contributed by atoms with Crippen LogP contribution in [0.5, 0.6) is 5.75 Å². The first kappa shape index (κ1) is 19.7. The van der Waals surface area contributed by atoms with E-state index in [-0.39, 0.29) is 17.2 Å². The number of hydrogen-bond acceptors (Lipinski definition) is 5. The van der Waals surface area contributed by atoms with Gasteiger partial charge in [-0.2, -0.15) is 4.31 Å². The first-order valence-electron chi connectivity index (χ1n) is 8.51. The number of sulfonamides is 2. The monoisotopic (exact) mass is 410 g/mol. The number of benzene rings is 2. The van der Waals surface area contributed by atoms with Gasteiger partial charge in [-0.1, -0.05) is 6.07 Å². The molecule has 3 rings (SSSR count). The highest BCUT2D eigenvalue weighted by Gasteiger charge is 2.28. The predicted octanol–water partition coefficient (Wildman–Crippen LogP) is 2.20. The molecular weight excluding hydrogens is 388 g/mol. The number of methoxy groups -OCH3 is 1. The van der Waals surface area contributed by atoms with Crippen molar-refractivity contribution in [3.05, 3.63) is 53.6 Å². The molecule has 0 bridgehead atoms. The Morgan fingerprint density at radius 2 is 1.74 bits per heavy atom.